The second-order valence-corrected chi connectivity index (χ2v) is 7.89. The monoisotopic (exact) mass is 376 g/mol. The lowest BCUT2D eigenvalue weighted by Gasteiger charge is -2.55. The third-order valence-corrected chi connectivity index (χ3v) is 5.53. The number of carbonyl (C=O) groups excluding carboxylic acids is 1. The van der Waals surface area contributed by atoms with Crippen LogP contribution >= 0.6 is 0 Å². The maximum Gasteiger partial charge on any atom is 0.265 e. The largest absolute Gasteiger partial charge is 0.368 e. The fourth-order valence-electron chi connectivity index (χ4n) is 3.95. The highest BCUT2D eigenvalue weighted by Gasteiger charge is 2.50. The predicted molar refractivity (Wildman–Crippen MR) is 101 cm³/mol. The van der Waals surface area contributed by atoms with Crippen LogP contribution in [-0.2, 0) is 14.4 Å². The molecule has 4 heterocycles. The molecule has 0 unspecified atom stereocenters. The first-order valence-electron chi connectivity index (χ1n) is 9.50. The van der Waals surface area contributed by atoms with Crippen molar-refractivity contribution in [3.8, 4) is 0 Å². The van der Waals surface area contributed by atoms with Gasteiger partial charge in [0, 0.05) is 33.3 Å². The SMILES string of the molecule is CN(C)c1cc(N2CC3(C2)CN(C)[C@H](C(=O)N2CCCCO2)CO3)ncn1. The van der Waals surface area contributed by atoms with Gasteiger partial charge in [0.1, 0.15) is 29.6 Å². The third kappa shape index (κ3) is 3.59. The minimum atomic E-state index is -0.276. The number of anilines is 2. The van der Waals surface area contributed by atoms with Crippen molar-refractivity contribution < 1.29 is 14.4 Å². The Kier molecular flexibility index (Phi) is 4.92. The fraction of sp³-hybridized carbons (Fsp3) is 0.722. The molecule has 0 aliphatic carbocycles. The van der Waals surface area contributed by atoms with Crippen molar-refractivity contribution >= 4 is 17.5 Å². The van der Waals surface area contributed by atoms with E-state index in [1.165, 1.54) is 5.06 Å². The molecule has 9 nitrogen and oxygen atoms in total. The number of morpholine rings is 1. The molecule has 148 valence electrons. The molecule has 1 aromatic heterocycles. The van der Waals surface area contributed by atoms with Crippen molar-refractivity contribution in [2.75, 3.05) is 70.3 Å². The zero-order valence-electron chi connectivity index (χ0n) is 16.3. The van der Waals surface area contributed by atoms with E-state index in [9.17, 15) is 4.79 Å². The zero-order chi connectivity index (χ0) is 19.0. The lowest BCUT2D eigenvalue weighted by atomic mass is 9.90. The Hall–Kier alpha value is -1.97. The number of hydrogen-bond acceptors (Lipinski definition) is 8. The summed E-state index contributed by atoms with van der Waals surface area (Å²) in [5.74, 6) is 1.80. The number of likely N-dealkylation sites (N-methyl/N-ethyl adjacent to an activating group) is 1. The van der Waals surface area contributed by atoms with E-state index in [-0.39, 0.29) is 17.6 Å². The Labute approximate surface area is 159 Å². The molecule has 0 N–H and O–H groups in total. The van der Waals surface area contributed by atoms with Crippen LogP contribution in [0.2, 0.25) is 0 Å². The van der Waals surface area contributed by atoms with Crippen LogP contribution in [0.25, 0.3) is 0 Å². The lowest BCUT2D eigenvalue weighted by Crippen LogP contribution is -2.72. The number of amides is 1. The molecule has 9 heteroatoms. The summed E-state index contributed by atoms with van der Waals surface area (Å²) in [5, 5.41) is 1.52. The van der Waals surface area contributed by atoms with Crippen molar-refractivity contribution in [2.45, 2.75) is 24.5 Å². The highest BCUT2D eigenvalue weighted by Crippen LogP contribution is 2.34. The molecule has 1 atom stereocenters. The molecule has 0 bridgehead atoms. The van der Waals surface area contributed by atoms with Crippen molar-refractivity contribution in [1.82, 2.24) is 19.9 Å². The number of hydroxylamine groups is 2. The highest BCUT2D eigenvalue weighted by atomic mass is 16.7. The molecule has 3 aliphatic rings. The molecule has 27 heavy (non-hydrogen) atoms. The van der Waals surface area contributed by atoms with E-state index in [0.29, 0.717) is 19.8 Å². The van der Waals surface area contributed by atoms with E-state index in [2.05, 4.69) is 19.8 Å². The molecule has 3 fully saturated rings. The van der Waals surface area contributed by atoms with Gasteiger partial charge in [0.25, 0.3) is 5.91 Å². The quantitative estimate of drug-likeness (QED) is 0.729. The van der Waals surface area contributed by atoms with E-state index in [4.69, 9.17) is 9.57 Å². The number of rotatable bonds is 3. The molecule has 3 saturated heterocycles. The number of ether oxygens (including phenoxy) is 1. The summed E-state index contributed by atoms with van der Waals surface area (Å²) in [6, 6.07) is 1.71. The van der Waals surface area contributed by atoms with E-state index in [1.54, 1.807) is 6.33 Å². The molecule has 1 spiro atoms. The molecule has 0 saturated carbocycles. The minimum absolute atomic E-state index is 0.00894. The fourth-order valence-corrected chi connectivity index (χ4v) is 3.95. The number of nitrogens with zero attached hydrogens (tertiary/aromatic N) is 6. The van der Waals surface area contributed by atoms with Gasteiger partial charge in [0.05, 0.1) is 26.3 Å². The summed E-state index contributed by atoms with van der Waals surface area (Å²) in [5.41, 5.74) is -0.239. The molecule has 1 amide bonds. The van der Waals surface area contributed by atoms with Crippen molar-refractivity contribution in [3.63, 3.8) is 0 Å². The van der Waals surface area contributed by atoms with E-state index in [0.717, 1.165) is 44.1 Å². The molecule has 0 radical (unpaired) electrons. The smallest absolute Gasteiger partial charge is 0.265 e. The van der Waals surface area contributed by atoms with Crippen LogP contribution in [0.5, 0.6) is 0 Å². The molecule has 4 rings (SSSR count). The standard InChI is InChI=1S/C18H28N6O3/c1-21(2)15-8-16(20-13-19-15)23-11-18(12-23)10-22(3)14(9-26-18)17(25)24-6-4-5-7-27-24/h8,13-14H,4-7,9-12H2,1-3H3/t14-/m0/s1. The predicted octanol–water partition coefficient (Wildman–Crippen LogP) is -0.0140. The van der Waals surface area contributed by atoms with Crippen LogP contribution in [-0.4, -0.2) is 98.0 Å². The summed E-state index contributed by atoms with van der Waals surface area (Å²) in [4.78, 5) is 33.1. The van der Waals surface area contributed by atoms with Crippen LogP contribution in [0.4, 0.5) is 11.6 Å². The Balaban J connectivity index is 1.35. The summed E-state index contributed by atoms with van der Waals surface area (Å²) in [6.45, 7) is 3.94. The summed E-state index contributed by atoms with van der Waals surface area (Å²) >= 11 is 0. The van der Waals surface area contributed by atoms with Crippen molar-refractivity contribution in [1.29, 1.82) is 0 Å². The van der Waals surface area contributed by atoms with Crippen LogP contribution in [0, 0.1) is 0 Å². The summed E-state index contributed by atoms with van der Waals surface area (Å²) < 4.78 is 6.19. The molecular formula is C18H28N6O3. The van der Waals surface area contributed by atoms with E-state index >= 15 is 0 Å². The maximum atomic E-state index is 12.7. The maximum absolute atomic E-state index is 12.7. The van der Waals surface area contributed by atoms with E-state index < -0.39 is 0 Å². The Morgan fingerprint density at radius 1 is 1.26 bits per heavy atom. The van der Waals surface area contributed by atoms with Gasteiger partial charge < -0.3 is 14.5 Å². The second-order valence-electron chi connectivity index (χ2n) is 7.89. The third-order valence-electron chi connectivity index (χ3n) is 5.53. The topological polar surface area (TPSA) is 74.3 Å². The Morgan fingerprint density at radius 2 is 2.07 bits per heavy atom. The first-order valence-corrected chi connectivity index (χ1v) is 9.50. The number of aromatic nitrogens is 2. The van der Waals surface area contributed by atoms with Gasteiger partial charge >= 0.3 is 0 Å². The first kappa shape index (κ1) is 18.4. The van der Waals surface area contributed by atoms with Gasteiger partial charge in [-0.05, 0) is 19.9 Å². The average Bonchev–Trinajstić information content (AvgIpc) is 2.66. The van der Waals surface area contributed by atoms with Gasteiger partial charge in [-0.1, -0.05) is 0 Å². The van der Waals surface area contributed by atoms with Crippen LogP contribution in [0.1, 0.15) is 12.8 Å². The van der Waals surface area contributed by atoms with Crippen LogP contribution in [0.15, 0.2) is 12.4 Å². The summed E-state index contributed by atoms with van der Waals surface area (Å²) in [7, 11) is 5.92. The number of hydrogen-bond donors (Lipinski definition) is 0. The second kappa shape index (κ2) is 7.21. The van der Waals surface area contributed by atoms with Crippen molar-refractivity contribution in [3.05, 3.63) is 12.4 Å². The van der Waals surface area contributed by atoms with Crippen molar-refractivity contribution in [2.24, 2.45) is 0 Å². The number of carbonyl (C=O) groups is 1. The van der Waals surface area contributed by atoms with Crippen LogP contribution < -0.4 is 9.80 Å². The Bertz CT molecular complexity index is 687. The van der Waals surface area contributed by atoms with Gasteiger partial charge in [-0.2, -0.15) is 0 Å². The molecular weight excluding hydrogens is 348 g/mol. The highest BCUT2D eigenvalue weighted by molar-refractivity contribution is 5.81. The lowest BCUT2D eigenvalue weighted by molar-refractivity contribution is -0.212. The molecule has 1 aromatic rings. The first-order chi connectivity index (χ1) is 13.0. The van der Waals surface area contributed by atoms with Gasteiger partial charge in [0.2, 0.25) is 0 Å². The molecule has 0 aromatic carbocycles. The Morgan fingerprint density at radius 3 is 2.74 bits per heavy atom. The van der Waals surface area contributed by atoms with Gasteiger partial charge in [-0.15, -0.1) is 0 Å². The molecule has 3 aliphatic heterocycles. The average molecular weight is 376 g/mol. The van der Waals surface area contributed by atoms with E-state index in [1.807, 2.05) is 32.1 Å². The van der Waals surface area contributed by atoms with Gasteiger partial charge in [-0.3, -0.25) is 14.5 Å². The van der Waals surface area contributed by atoms with Gasteiger partial charge in [-0.25, -0.2) is 15.0 Å². The van der Waals surface area contributed by atoms with Crippen LogP contribution in [0.3, 0.4) is 0 Å². The normalized spacial score (nSPS) is 25.4. The summed E-state index contributed by atoms with van der Waals surface area (Å²) in [6.07, 6.45) is 3.60. The van der Waals surface area contributed by atoms with Gasteiger partial charge in [0.15, 0.2) is 0 Å². The zero-order valence-corrected chi connectivity index (χ0v) is 16.3. The minimum Gasteiger partial charge on any atom is -0.368 e.